The van der Waals surface area contributed by atoms with Gasteiger partial charge in [-0.1, -0.05) is 20.8 Å². The predicted octanol–water partition coefficient (Wildman–Crippen LogP) is 1.14. The molecule has 0 radical (unpaired) electrons. The number of rotatable bonds is 8. The van der Waals surface area contributed by atoms with Crippen molar-refractivity contribution in [2.24, 2.45) is 5.41 Å². The molecule has 8 heteroatoms. The molecule has 0 aliphatic heterocycles. The first-order valence-electron chi connectivity index (χ1n) is 6.58. The Kier molecular flexibility index (Phi) is 5.29. The summed E-state index contributed by atoms with van der Waals surface area (Å²) >= 11 is 0. The van der Waals surface area contributed by atoms with Gasteiger partial charge in [-0.2, -0.15) is 0 Å². The van der Waals surface area contributed by atoms with Gasteiger partial charge in [-0.25, -0.2) is 18.1 Å². The minimum atomic E-state index is -3.77. The van der Waals surface area contributed by atoms with Crippen molar-refractivity contribution in [2.45, 2.75) is 45.1 Å². The zero-order valence-electron chi connectivity index (χ0n) is 11.9. The number of nitrogens with one attached hydrogen (secondary N) is 2. The number of aliphatic carboxylic acids is 1. The summed E-state index contributed by atoms with van der Waals surface area (Å²) in [5.41, 5.74) is -1.08. The molecule has 0 aliphatic carbocycles. The first kappa shape index (κ1) is 16.6. The van der Waals surface area contributed by atoms with Gasteiger partial charge in [0.1, 0.15) is 5.82 Å². The van der Waals surface area contributed by atoms with Crippen LogP contribution in [0.4, 0.5) is 0 Å². The maximum absolute atomic E-state index is 12.1. The van der Waals surface area contributed by atoms with Crippen LogP contribution in [0.3, 0.4) is 0 Å². The lowest BCUT2D eigenvalue weighted by atomic mass is 9.83. The summed E-state index contributed by atoms with van der Waals surface area (Å²) in [7, 11) is -3.77. The second-order valence-corrected chi connectivity index (χ2v) is 6.40. The summed E-state index contributed by atoms with van der Waals surface area (Å²) in [5, 5.41) is 9.24. The molecule has 1 rings (SSSR count). The maximum Gasteiger partial charge on any atom is 0.310 e. The van der Waals surface area contributed by atoms with Gasteiger partial charge in [0.25, 0.3) is 10.0 Å². The average molecular weight is 303 g/mol. The number of carbonyl (C=O) groups is 1. The molecule has 114 valence electrons. The Morgan fingerprint density at radius 1 is 1.40 bits per heavy atom. The number of aromatic amines is 1. The van der Waals surface area contributed by atoms with Gasteiger partial charge < -0.3 is 10.1 Å². The van der Waals surface area contributed by atoms with Crippen molar-refractivity contribution >= 4 is 16.0 Å². The molecule has 0 saturated heterocycles. The van der Waals surface area contributed by atoms with Crippen LogP contribution in [0.1, 0.15) is 39.4 Å². The van der Waals surface area contributed by atoms with Crippen LogP contribution in [0.15, 0.2) is 11.2 Å². The molecular weight excluding hydrogens is 282 g/mol. The summed E-state index contributed by atoms with van der Waals surface area (Å²) in [6, 6.07) is 0. The third kappa shape index (κ3) is 3.37. The molecule has 1 heterocycles. The lowest BCUT2D eigenvalue weighted by molar-refractivity contribution is -0.149. The topological polar surface area (TPSA) is 112 Å². The van der Waals surface area contributed by atoms with E-state index in [4.69, 9.17) is 0 Å². The summed E-state index contributed by atoms with van der Waals surface area (Å²) in [6.45, 7) is 5.18. The average Bonchev–Trinajstić information content (AvgIpc) is 2.89. The Bertz CT molecular complexity index is 561. The van der Waals surface area contributed by atoms with Gasteiger partial charge in [0, 0.05) is 13.0 Å². The summed E-state index contributed by atoms with van der Waals surface area (Å²) in [6.07, 6.45) is 2.54. The van der Waals surface area contributed by atoms with Crippen LogP contribution in [0, 0.1) is 5.41 Å². The van der Waals surface area contributed by atoms with Gasteiger partial charge in [0.15, 0.2) is 5.03 Å². The fraction of sp³-hybridized carbons (Fsp3) is 0.667. The third-order valence-corrected chi connectivity index (χ3v) is 4.95. The highest BCUT2D eigenvalue weighted by atomic mass is 32.2. The van der Waals surface area contributed by atoms with Crippen LogP contribution in [0.25, 0.3) is 0 Å². The molecule has 0 aliphatic rings. The first-order valence-corrected chi connectivity index (χ1v) is 8.06. The zero-order chi connectivity index (χ0) is 15.4. The lowest BCUT2D eigenvalue weighted by Gasteiger charge is -2.26. The van der Waals surface area contributed by atoms with Crippen LogP contribution in [0.5, 0.6) is 0 Å². The van der Waals surface area contributed by atoms with E-state index in [9.17, 15) is 18.3 Å². The molecule has 1 aromatic rings. The zero-order valence-corrected chi connectivity index (χ0v) is 12.7. The van der Waals surface area contributed by atoms with E-state index in [1.165, 1.54) is 6.20 Å². The fourth-order valence-corrected chi connectivity index (χ4v) is 2.91. The van der Waals surface area contributed by atoms with E-state index in [1.807, 2.05) is 6.92 Å². The number of imidazole rings is 1. The lowest BCUT2D eigenvalue weighted by Crippen LogP contribution is -2.42. The first-order chi connectivity index (χ1) is 9.31. The van der Waals surface area contributed by atoms with E-state index in [1.54, 1.807) is 13.8 Å². The van der Waals surface area contributed by atoms with Gasteiger partial charge >= 0.3 is 5.97 Å². The molecule has 0 saturated carbocycles. The van der Waals surface area contributed by atoms with Crippen LogP contribution >= 0.6 is 0 Å². The van der Waals surface area contributed by atoms with E-state index in [0.29, 0.717) is 25.1 Å². The maximum atomic E-state index is 12.1. The normalized spacial score (nSPS) is 12.6. The van der Waals surface area contributed by atoms with Crippen molar-refractivity contribution in [1.29, 1.82) is 0 Å². The molecule has 0 fully saturated rings. The minimum absolute atomic E-state index is 0.0409. The molecule has 1 aromatic heterocycles. The van der Waals surface area contributed by atoms with Gasteiger partial charge in [-0.15, -0.1) is 0 Å². The van der Waals surface area contributed by atoms with Crippen molar-refractivity contribution in [3.63, 3.8) is 0 Å². The standard InChI is InChI=1S/C12H21N3O4S/c1-4-9-13-7-10(15-9)20(18,19)14-8-12(5-2,6-3)11(16)17/h7,14H,4-6,8H2,1-3H3,(H,13,15)(H,16,17). The highest BCUT2D eigenvalue weighted by Crippen LogP contribution is 2.26. The fourth-order valence-electron chi connectivity index (χ4n) is 1.85. The SMILES string of the molecule is CCc1ncc(S(=O)(=O)NCC(CC)(CC)C(=O)O)[nH]1. The second-order valence-electron chi connectivity index (χ2n) is 4.66. The molecule has 0 unspecified atom stereocenters. The van der Waals surface area contributed by atoms with Crippen LogP contribution in [-0.4, -0.2) is 36.0 Å². The Labute approximate surface area is 118 Å². The van der Waals surface area contributed by atoms with Gasteiger partial charge in [0.05, 0.1) is 11.6 Å². The smallest absolute Gasteiger partial charge is 0.310 e. The van der Waals surface area contributed by atoms with E-state index in [0.717, 1.165) is 0 Å². The van der Waals surface area contributed by atoms with Gasteiger partial charge in [0.2, 0.25) is 0 Å². The molecule has 0 amide bonds. The van der Waals surface area contributed by atoms with Crippen molar-refractivity contribution in [3.8, 4) is 0 Å². The Balaban J connectivity index is 2.89. The molecule has 3 N–H and O–H groups in total. The molecule has 0 atom stereocenters. The molecule has 0 aromatic carbocycles. The number of sulfonamides is 1. The Hall–Kier alpha value is -1.41. The monoisotopic (exact) mass is 303 g/mol. The van der Waals surface area contributed by atoms with Crippen LogP contribution < -0.4 is 4.72 Å². The number of aromatic nitrogens is 2. The number of nitrogens with zero attached hydrogens (tertiary/aromatic N) is 1. The van der Waals surface area contributed by atoms with Crippen molar-refractivity contribution < 1.29 is 18.3 Å². The number of carboxylic acid groups (broad SMARTS) is 1. The molecular formula is C12H21N3O4S. The molecule has 0 spiro atoms. The summed E-state index contributed by atoms with van der Waals surface area (Å²) < 4.78 is 26.5. The third-order valence-electron chi connectivity index (χ3n) is 3.64. The Morgan fingerprint density at radius 3 is 2.40 bits per heavy atom. The Morgan fingerprint density at radius 2 is 2.00 bits per heavy atom. The van der Waals surface area contributed by atoms with E-state index >= 15 is 0 Å². The summed E-state index contributed by atoms with van der Waals surface area (Å²) in [5.74, 6) is -0.426. The molecule has 20 heavy (non-hydrogen) atoms. The van der Waals surface area contributed by atoms with Crippen molar-refractivity contribution in [1.82, 2.24) is 14.7 Å². The molecule has 7 nitrogen and oxygen atoms in total. The number of hydrogen-bond acceptors (Lipinski definition) is 4. The highest BCUT2D eigenvalue weighted by Gasteiger charge is 2.36. The molecule has 0 bridgehead atoms. The van der Waals surface area contributed by atoms with E-state index in [-0.39, 0.29) is 11.6 Å². The number of hydrogen-bond donors (Lipinski definition) is 3. The summed E-state index contributed by atoms with van der Waals surface area (Å²) in [4.78, 5) is 18.0. The number of H-pyrrole nitrogens is 1. The van der Waals surface area contributed by atoms with Crippen molar-refractivity contribution in [2.75, 3.05) is 6.54 Å². The van der Waals surface area contributed by atoms with E-state index in [2.05, 4.69) is 14.7 Å². The van der Waals surface area contributed by atoms with Gasteiger partial charge in [-0.05, 0) is 12.8 Å². The van der Waals surface area contributed by atoms with E-state index < -0.39 is 21.4 Å². The quantitative estimate of drug-likeness (QED) is 0.666. The minimum Gasteiger partial charge on any atom is -0.481 e. The second kappa shape index (κ2) is 6.36. The number of aryl methyl sites for hydroxylation is 1. The predicted molar refractivity (Wildman–Crippen MR) is 73.8 cm³/mol. The van der Waals surface area contributed by atoms with Crippen LogP contribution in [0.2, 0.25) is 0 Å². The van der Waals surface area contributed by atoms with Crippen molar-refractivity contribution in [3.05, 3.63) is 12.0 Å². The number of carboxylic acids is 1. The van der Waals surface area contributed by atoms with Crippen LogP contribution in [-0.2, 0) is 21.2 Å². The van der Waals surface area contributed by atoms with Gasteiger partial charge in [-0.3, -0.25) is 4.79 Å². The highest BCUT2D eigenvalue weighted by molar-refractivity contribution is 7.89. The largest absolute Gasteiger partial charge is 0.481 e.